The molecule has 0 radical (unpaired) electrons. The van der Waals surface area contributed by atoms with E-state index in [-0.39, 0.29) is 11.3 Å². The van der Waals surface area contributed by atoms with Crippen LogP contribution < -0.4 is 5.32 Å². The van der Waals surface area contributed by atoms with Crippen LogP contribution in [0.2, 0.25) is 0 Å². The molecule has 0 aliphatic rings. The molecule has 1 heterocycles. The van der Waals surface area contributed by atoms with E-state index in [0.717, 1.165) is 11.5 Å². The maximum atomic E-state index is 11.8. The van der Waals surface area contributed by atoms with Gasteiger partial charge in [-0.25, -0.2) is 4.79 Å². The zero-order valence-electron chi connectivity index (χ0n) is 8.75. The molecule has 0 atom stereocenters. The number of halogens is 1. The Morgan fingerprint density at radius 1 is 1.39 bits per heavy atom. The standard InChI is InChI=1S/C10H6BrN3O3S/c11-5-1-2-6(10(16)17)7(3-5)13-9(15)8-4-12-14-18-8/h1-4H,(H,13,15)(H,16,17). The smallest absolute Gasteiger partial charge is 0.337 e. The number of aromatic carboxylic acids is 1. The maximum Gasteiger partial charge on any atom is 0.337 e. The number of nitrogens with zero attached hydrogens (tertiary/aromatic N) is 2. The van der Waals surface area contributed by atoms with Crippen LogP contribution in [0.5, 0.6) is 0 Å². The summed E-state index contributed by atoms with van der Waals surface area (Å²) in [5.41, 5.74) is 0.235. The predicted molar refractivity (Wildman–Crippen MR) is 69.0 cm³/mol. The monoisotopic (exact) mass is 327 g/mol. The highest BCUT2D eigenvalue weighted by molar-refractivity contribution is 9.10. The lowest BCUT2D eigenvalue weighted by molar-refractivity contribution is 0.0698. The first-order chi connectivity index (χ1) is 8.58. The fourth-order valence-corrected chi connectivity index (χ4v) is 2.03. The Labute approximate surface area is 114 Å². The van der Waals surface area contributed by atoms with E-state index in [4.69, 9.17) is 5.11 Å². The summed E-state index contributed by atoms with van der Waals surface area (Å²) in [4.78, 5) is 23.1. The predicted octanol–water partition coefficient (Wildman–Crippen LogP) is 2.25. The third kappa shape index (κ3) is 2.71. The molecule has 0 aliphatic carbocycles. The summed E-state index contributed by atoms with van der Waals surface area (Å²) in [5.74, 6) is -1.55. The number of hydrogen-bond acceptors (Lipinski definition) is 5. The molecule has 0 fully saturated rings. The summed E-state index contributed by atoms with van der Waals surface area (Å²) < 4.78 is 4.24. The minimum absolute atomic E-state index is 0.0176. The molecule has 2 aromatic rings. The van der Waals surface area contributed by atoms with Crippen molar-refractivity contribution in [2.45, 2.75) is 0 Å². The zero-order chi connectivity index (χ0) is 13.1. The molecule has 92 valence electrons. The molecule has 2 N–H and O–H groups in total. The van der Waals surface area contributed by atoms with Gasteiger partial charge in [-0.15, -0.1) is 5.10 Å². The lowest BCUT2D eigenvalue weighted by atomic mass is 10.2. The molecule has 0 unspecified atom stereocenters. The van der Waals surface area contributed by atoms with Crippen molar-refractivity contribution < 1.29 is 14.7 Å². The topological polar surface area (TPSA) is 92.2 Å². The van der Waals surface area contributed by atoms with Crippen LogP contribution in [0, 0.1) is 0 Å². The van der Waals surface area contributed by atoms with Gasteiger partial charge in [0.15, 0.2) is 0 Å². The molecule has 0 saturated heterocycles. The average molecular weight is 328 g/mol. The number of hydrogen-bond donors (Lipinski definition) is 2. The number of carbonyl (C=O) groups is 2. The number of amides is 1. The largest absolute Gasteiger partial charge is 0.478 e. The van der Waals surface area contributed by atoms with Crippen molar-refractivity contribution in [1.82, 2.24) is 9.59 Å². The van der Waals surface area contributed by atoms with E-state index < -0.39 is 11.9 Å². The highest BCUT2D eigenvalue weighted by Crippen LogP contribution is 2.22. The molecule has 0 bridgehead atoms. The van der Waals surface area contributed by atoms with Crippen molar-refractivity contribution in [3.63, 3.8) is 0 Å². The van der Waals surface area contributed by atoms with Crippen molar-refractivity contribution in [2.75, 3.05) is 5.32 Å². The van der Waals surface area contributed by atoms with Gasteiger partial charge in [0, 0.05) is 4.47 Å². The number of rotatable bonds is 3. The van der Waals surface area contributed by atoms with Crippen LogP contribution in [0.1, 0.15) is 20.0 Å². The normalized spacial score (nSPS) is 10.1. The second kappa shape index (κ2) is 5.23. The van der Waals surface area contributed by atoms with Gasteiger partial charge in [0.2, 0.25) is 0 Å². The second-order valence-electron chi connectivity index (χ2n) is 3.23. The van der Waals surface area contributed by atoms with Crippen LogP contribution in [-0.2, 0) is 0 Å². The Bertz CT molecular complexity index is 600. The number of benzene rings is 1. The lowest BCUT2D eigenvalue weighted by Crippen LogP contribution is -2.13. The Morgan fingerprint density at radius 2 is 2.17 bits per heavy atom. The fraction of sp³-hybridized carbons (Fsp3) is 0. The highest BCUT2D eigenvalue weighted by atomic mass is 79.9. The van der Waals surface area contributed by atoms with Crippen molar-refractivity contribution in [3.8, 4) is 0 Å². The first-order valence-corrected chi connectivity index (χ1v) is 6.26. The van der Waals surface area contributed by atoms with Crippen molar-refractivity contribution in [3.05, 3.63) is 39.3 Å². The molecule has 1 aromatic carbocycles. The summed E-state index contributed by atoms with van der Waals surface area (Å²) in [6, 6.07) is 4.52. The highest BCUT2D eigenvalue weighted by Gasteiger charge is 2.15. The van der Waals surface area contributed by atoms with Crippen LogP contribution in [0.3, 0.4) is 0 Å². The first kappa shape index (κ1) is 12.7. The molecule has 2 rings (SSSR count). The molecule has 0 saturated carbocycles. The quantitative estimate of drug-likeness (QED) is 0.901. The molecule has 18 heavy (non-hydrogen) atoms. The summed E-state index contributed by atoms with van der Waals surface area (Å²) in [7, 11) is 0. The van der Waals surface area contributed by atoms with E-state index in [0.29, 0.717) is 9.35 Å². The zero-order valence-corrected chi connectivity index (χ0v) is 11.2. The molecule has 0 aliphatic heterocycles. The van der Waals surface area contributed by atoms with Gasteiger partial charge in [-0.1, -0.05) is 20.4 Å². The average Bonchev–Trinajstić information content (AvgIpc) is 2.81. The van der Waals surface area contributed by atoms with E-state index in [1.807, 2.05) is 0 Å². The van der Waals surface area contributed by atoms with Gasteiger partial charge >= 0.3 is 5.97 Å². The van der Waals surface area contributed by atoms with Crippen LogP contribution in [0.15, 0.2) is 28.9 Å². The molecule has 1 amide bonds. The maximum absolute atomic E-state index is 11.8. The minimum atomic E-state index is -1.11. The van der Waals surface area contributed by atoms with Gasteiger partial charge in [0.1, 0.15) is 4.88 Å². The van der Waals surface area contributed by atoms with Gasteiger partial charge in [-0.2, -0.15) is 0 Å². The Kier molecular flexibility index (Phi) is 3.68. The summed E-state index contributed by atoms with van der Waals surface area (Å²) >= 11 is 4.15. The van der Waals surface area contributed by atoms with Gasteiger partial charge in [0.25, 0.3) is 5.91 Å². The van der Waals surface area contributed by atoms with Crippen molar-refractivity contribution in [2.24, 2.45) is 0 Å². The van der Waals surface area contributed by atoms with Crippen LogP contribution >= 0.6 is 27.5 Å². The van der Waals surface area contributed by atoms with E-state index in [1.54, 1.807) is 6.07 Å². The number of carbonyl (C=O) groups excluding carboxylic acids is 1. The van der Waals surface area contributed by atoms with Crippen LogP contribution in [-0.4, -0.2) is 26.6 Å². The third-order valence-electron chi connectivity index (χ3n) is 2.05. The lowest BCUT2D eigenvalue weighted by Gasteiger charge is -2.07. The number of aromatic nitrogens is 2. The molecule has 0 spiro atoms. The van der Waals surface area contributed by atoms with E-state index in [9.17, 15) is 9.59 Å². The minimum Gasteiger partial charge on any atom is -0.478 e. The van der Waals surface area contributed by atoms with E-state index in [1.165, 1.54) is 18.3 Å². The Balaban J connectivity index is 2.31. The van der Waals surface area contributed by atoms with Gasteiger partial charge in [0.05, 0.1) is 17.4 Å². The fourth-order valence-electron chi connectivity index (χ4n) is 1.26. The number of carboxylic acid groups (broad SMARTS) is 1. The van der Waals surface area contributed by atoms with Gasteiger partial charge in [-0.05, 0) is 29.7 Å². The van der Waals surface area contributed by atoms with Crippen LogP contribution in [0.4, 0.5) is 5.69 Å². The van der Waals surface area contributed by atoms with Crippen LogP contribution in [0.25, 0.3) is 0 Å². The van der Waals surface area contributed by atoms with Gasteiger partial charge < -0.3 is 10.4 Å². The summed E-state index contributed by atoms with van der Waals surface area (Å²) in [5, 5.41) is 15.1. The Morgan fingerprint density at radius 3 is 2.78 bits per heavy atom. The molecule has 1 aromatic heterocycles. The second-order valence-corrected chi connectivity index (χ2v) is 4.93. The molecular formula is C10H6BrN3O3S. The first-order valence-electron chi connectivity index (χ1n) is 4.69. The van der Waals surface area contributed by atoms with Gasteiger partial charge in [-0.3, -0.25) is 4.79 Å². The van der Waals surface area contributed by atoms with E-state index >= 15 is 0 Å². The molecular weight excluding hydrogens is 322 g/mol. The van der Waals surface area contributed by atoms with E-state index in [2.05, 4.69) is 30.8 Å². The number of anilines is 1. The third-order valence-corrected chi connectivity index (χ3v) is 3.20. The van der Waals surface area contributed by atoms with Crippen molar-refractivity contribution in [1.29, 1.82) is 0 Å². The Hall–Kier alpha value is -1.80. The summed E-state index contributed by atoms with van der Waals surface area (Å²) in [6.07, 6.45) is 1.32. The molecule has 6 nitrogen and oxygen atoms in total. The molecule has 8 heteroatoms. The van der Waals surface area contributed by atoms with Crippen molar-refractivity contribution >= 4 is 45.0 Å². The SMILES string of the molecule is O=C(Nc1cc(Br)ccc1C(=O)O)c1cnns1. The summed E-state index contributed by atoms with van der Waals surface area (Å²) in [6.45, 7) is 0. The number of nitrogens with one attached hydrogen (secondary N) is 1. The number of carboxylic acids is 1.